The fourth-order valence-electron chi connectivity index (χ4n) is 4.65. The van der Waals surface area contributed by atoms with Gasteiger partial charge in [0, 0.05) is 11.5 Å². The van der Waals surface area contributed by atoms with Gasteiger partial charge in [-0.15, -0.1) is 0 Å². The Balaban J connectivity index is 1.56. The largest absolute Gasteiger partial charge is 0.493 e. The summed E-state index contributed by atoms with van der Waals surface area (Å²) >= 11 is 0. The molecule has 0 unspecified atom stereocenters. The van der Waals surface area contributed by atoms with Crippen molar-refractivity contribution in [1.29, 1.82) is 0 Å². The average molecular weight is 456 g/mol. The minimum Gasteiger partial charge on any atom is -0.493 e. The molecule has 34 heavy (non-hydrogen) atoms. The highest BCUT2D eigenvalue weighted by Gasteiger charge is 2.34. The van der Waals surface area contributed by atoms with Crippen LogP contribution in [-0.2, 0) is 4.79 Å². The molecule has 0 fully saturated rings. The van der Waals surface area contributed by atoms with Crippen LogP contribution in [-0.4, -0.2) is 26.3 Å². The Morgan fingerprint density at radius 2 is 1.76 bits per heavy atom. The molecule has 0 aliphatic carbocycles. The molecule has 0 saturated heterocycles. The molecule has 2 aliphatic heterocycles. The molecule has 7 nitrogen and oxygen atoms in total. The molecule has 7 heteroatoms. The molecule has 0 amide bonds. The third-order valence-corrected chi connectivity index (χ3v) is 6.22. The Morgan fingerprint density at radius 1 is 0.941 bits per heavy atom. The minimum atomic E-state index is -0.421. The first-order chi connectivity index (χ1) is 16.6. The van der Waals surface area contributed by atoms with E-state index < -0.39 is 5.92 Å². The highest BCUT2D eigenvalue weighted by molar-refractivity contribution is 5.90. The van der Waals surface area contributed by atoms with Crippen molar-refractivity contribution in [1.82, 2.24) is 0 Å². The van der Waals surface area contributed by atoms with Crippen LogP contribution >= 0.6 is 0 Å². The van der Waals surface area contributed by atoms with E-state index in [4.69, 9.17) is 23.4 Å². The summed E-state index contributed by atoms with van der Waals surface area (Å²) in [5.74, 6) is 1.19. The minimum absolute atomic E-state index is 0.0824. The lowest BCUT2D eigenvalue weighted by Gasteiger charge is -2.27. The van der Waals surface area contributed by atoms with Gasteiger partial charge in [-0.3, -0.25) is 9.59 Å². The van der Waals surface area contributed by atoms with Crippen LogP contribution < -0.4 is 24.4 Å². The summed E-state index contributed by atoms with van der Waals surface area (Å²) < 4.78 is 28.6. The number of fused-ring (bicyclic) bond motifs is 4. The highest BCUT2D eigenvalue weighted by atomic mass is 16.6. The van der Waals surface area contributed by atoms with Gasteiger partial charge in [-0.25, -0.2) is 0 Å². The fraction of sp³-hybridized carbons (Fsp3) is 0.185. The Hall–Kier alpha value is -4.26. The third-order valence-electron chi connectivity index (χ3n) is 6.22. The van der Waals surface area contributed by atoms with E-state index in [1.165, 1.54) is 6.26 Å². The maximum Gasteiger partial charge on any atom is 0.312 e. The van der Waals surface area contributed by atoms with Crippen LogP contribution in [0, 0.1) is 0 Å². The van der Waals surface area contributed by atoms with Crippen molar-refractivity contribution in [3.05, 3.63) is 82.2 Å². The molecule has 3 heterocycles. The van der Waals surface area contributed by atoms with Crippen molar-refractivity contribution in [2.24, 2.45) is 0 Å². The van der Waals surface area contributed by atoms with Gasteiger partial charge in [0.2, 0.25) is 11.2 Å². The molecule has 2 aliphatic rings. The second-order valence-corrected chi connectivity index (χ2v) is 8.18. The van der Waals surface area contributed by atoms with Gasteiger partial charge in [-0.2, -0.15) is 0 Å². The summed E-state index contributed by atoms with van der Waals surface area (Å²) in [5, 5.41) is 0.424. The molecule has 3 aromatic carbocycles. The Kier molecular flexibility index (Phi) is 4.76. The molecule has 170 valence electrons. The first-order valence-electron chi connectivity index (χ1n) is 11.0. The van der Waals surface area contributed by atoms with E-state index in [-0.39, 0.29) is 17.8 Å². The van der Waals surface area contributed by atoms with Crippen LogP contribution in [0.3, 0.4) is 0 Å². The van der Waals surface area contributed by atoms with E-state index in [9.17, 15) is 9.59 Å². The van der Waals surface area contributed by atoms with Crippen LogP contribution in [0.1, 0.15) is 23.5 Å². The normalized spacial score (nSPS) is 16.6. The smallest absolute Gasteiger partial charge is 0.312 e. The van der Waals surface area contributed by atoms with Gasteiger partial charge >= 0.3 is 5.97 Å². The predicted octanol–water partition coefficient (Wildman–Crippen LogP) is 4.68. The first kappa shape index (κ1) is 20.4. The molecule has 1 aromatic heterocycles. The van der Waals surface area contributed by atoms with Crippen LogP contribution in [0.25, 0.3) is 22.1 Å². The van der Waals surface area contributed by atoms with Crippen LogP contribution in [0.2, 0.25) is 0 Å². The standard InChI is InChI=1S/C27H20O7/c1-30-21-11-16(12-22-27(21)32-10-9-31-22)18-13-23(28)34-20-8-7-17-25(29)19(14-33-26(17)24(18)20)15-5-3-2-4-6-15/h2-8,11-12,14,18H,9-10,13H2,1H3/t18-/m1/s1. The van der Waals surface area contributed by atoms with Gasteiger partial charge < -0.3 is 23.4 Å². The summed E-state index contributed by atoms with van der Waals surface area (Å²) in [6.45, 7) is 0.851. The SMILES string of the molecule is COc1cc([C@H]2CC(=O)Oc3ccc4c(=O)c(-c5ccccc5)coc4c32)cc2c1OCCO2. The van der Waals surface area contributed by atoms with Gasteiger partial charge in [0.25, 0.3) is 0 Å². The Bertz CT molecular complexity index is 1470. The van der Waals surface area contributed by atoms with E-state index in [1.54, 1.807) is 19.2 Å². The van der Waals surface area contributed by atoms with Gasteiger partial charge in [-0.05, 0) is 35.4 Å². The predicted molar refractivity (Wildman–Crippen MR) is 124 cm³/mol. The van der Waals surface area contributed by atoms with E-state index in [1.807, 2.05) is 42.5 Å². The average Bonchev–Trinajstić information content (AvgIpc) is 2.88. The molecule has 0 bridgehead atoms. The molecule has 0 spiro atoms. The van der Waals surface area contributed by atoms with Gasteiger partial charge in [0.1, 0.15) is 30.8 Å². The van der Waals surface area contributed by atoms with E-state index >= 15 is 0 Å². The molecular formula is C27H20O7. The quantitative estimate of drug-likeness (QED) is 0.327. The van der Waals surface area contributed by atoms with E-state index in [0.29, 0.717) is 58.3 Å². The topological polar surface area (TPSA) is 84.2 Å². The van der Waals surface area contributed by atoms with Gasteiger partial charge in [0.05, 0.1) is 24.5 Å². The van der Waals surface area contributed by atoms with Crippen molar-refractivity contribution in [3.8, 4) is 34.1 Å². The van der Waals surface area contributed by atoms with Crippen molar-refractivity contribution >= 4 is 16.9 Å². The number of hydrogen-bond donors (Lipinski definition) is 0. The van der Waals surface area contributed by atoms with Crippen molar-refractivity contribution in [3.63, 3.8) is 0 Å². The van der Waals surface area contributed by atoms with Gasteiger partial charge in [0.15, 0.2) is 11.5 Å². The third kappa shape index (κ3) is 3.20. The zero-order valence-corrected chi connectivity index (χ0v) is 18.3. The monoisotopic (exact) mass is 456 g/mol. The summed E-state index contributed by atoms with van der Waals surface area (Å²) in [6, 6.07) is 16.3. The molecule has 6 rings (SSSR count). The number of esters is 1. The van der Waals surface area contributed by atoms with Crippen molar-refractivity contribution in [2.75, 3.05) is 20.3 Å². The second kappa shape index (κ2) is 7.95. The lowest BCUT2D eigenvalue weighted by atomic mass is 9.84. The number of ether oxygens (including phenoxy) is 4. The number of carbonyl (C=O) groups excluding carboxylic acids is 1. The lowest BCUT2D eigenvalue weighted by molar-refractivity contribution is -0.135. The Morgan fingerprint density at radius 3 is 2.59 bits per heavy atom. The first-order valence-corrected chi connectivity index (χ1v) is 11.0. The maximum absolute atomic E-state index is 13.4. The molecule has 1 atom stereocenters. The molecule has 0 N–H and O–H groups in total. The zero-order valence-electron chi connectivity index (χ0n) is 18.3. The lowest BCUT2D eigenvalue weighted by Crippen LogP contribution is -2.22. The highest BCUT2D eigenvalue weighted by Crippen LogP contribution is 2.47. The molecule has 4 aromatic rings. The van der Waals surface area contributed by atoms with Crippen LogP contribution in [0.15, 0.2) is 70.1 Å². The second-order valence-electron chi connectivity index (χ2n) is 8.18. The molecule has 0 saturated carbocycles. The number of methoxy groups -OCH3 is 1. The van der Waals surface area contributed by atoms with Gasteiger partial charge in [-0.1, -0.05) is 30.3 Å². The molecule has 0 radical (unpaired) electrons. The fourth-order valence-corrected chi connectivity index (χ4v) is 4.65. The summed E-state index contributed by atoms with van der Waals surface area (Å²) in [5.41, 5.74) is 2.92. The van der Waals surface area contributed by atoms with Crippen molar-refractivity contribution in [2.45, 2.75) is 12.3 Å². The number of rotatable bonds is 3. The summed E-state index contributed by atoms with van der Waals surface area (Å²) in [4.78, 5) is 25.9. The number of carbonyl (C=O) groups is 1. The van der Waals surface area contributed by atoms with E-state index in [0.717, 1.165) is 11.1 Å². The Labute approximate surface area is 194 Å². The summed E-state index contributed by atoms with van der Waals surface area (Å²) in [6.07, 6.45) is 1.55. The number of benzene rings is 3. The van der Waals surface area contributed by atoms with Crippen LogP contribution in [0.5, 0.6) is 23.0 Å². The summed E-state index contributed by atoms with van der Waals surface area (Å²) in [7, 11) is 1.56. The number of hydrogen-bond acceptors (Lipinski definition) is 7. The zero-order chi connectivity index (χ0) is 23.2. The molecular weight excluding hydrogens is 436 g/mol. The van der Waals surface area contributed by atoms with Crippen molar-refractivity contribution < 1.29 is 28.2 Å². The van der Waals surface area contributed by atoms with E-state index in [2.05, 4.69) is 0 Å². The van der Waals surface area contributed by atoms with Crippen LogP contribution in [0.4, 0.5) is 0 Å². The maximum atomic E-state index is 13.4.